The highest BCUT2D eigenvalue weighted by Crippen LogP contribution is 2.17. The summed E-state index contributed by atoms with van der Waals surface area (Å²) in [6.07, 6.45) is 0. The zero-order valence-corrected chi connectivity index (χ0v) is 6.67. The number of carboxylic acids is 2. The lowest BCUT2D eigenvalue weighted by Gasteiger charge is -2.17. The van der Waals surface area contributed by atoms with Crippen molar-refractivity contribution in [3.05, 3.63) is 22.4 Å². The Morgan fingerprint density at radius 2 is 1.92 bits per heavy atom. The van der Waals surface area contributed by atoms with Crippen molar-refractivity contribution in [3.8, 4) is 0 Å². The van der Waals surface area contributed by atoms with Crippen molar-refractivity contribution in [1.29, 1.82) is 0 Å². The van der Waals surface area contributed by atoms with Gasteiger partial charge in [0.1, 0.15) is 0 Å². The van der Waals surface area contributed by atoms with E-state index in [1.807, 2.05) is 0 Å². The first kappa shape index (κ1) is 8.73. The first-order chi connectivity index (χ1) is 5.63. The van der Waals surface area contributed by atoms with Crippen LogP contribution in [0.15, 0.2) is 16.8 Å². The van der Waals surface area contributed by atoms with Crippen LogP contribution in [0, 0.1) is 0 Å². The third-order valence-corrected chi connectivity index (χ3v) is 2.05. The smallest absolute Gasteiger partial charge is 0.0640 e. The Hall–Kier alpha value is -1.36. The van der Waals surface area contributed by atoms with E-state index < -0.39 is 17.9 Å². The third kappa shape index (κ3) is 1.62. The van der Waals surface area contributed by atoms with E-state index in [2.05, 4.69) is 0 Å². The van der Waals surface area contributed by atoms with Crippen molar-refractivity contribution in [1.82, 2.24) is 0 Å². The third-order valence-electron chi connectivity index (χ3n) is 1.35. The van der Waals surface area contributed by atoms with Gasteiger partial charge in [-0.1, -0.05) is 0 Å². The van der Waals surface area contributed by atoms with Crippen LogP contribution in [-0.2, 0) is 9.59 Å². The summed E-state index contributed by atoms with van der Waals surface area (Å²) in [5, 5.41) is 23.7. The highest BCUT2D eigenvalue weighted by atomic mass is 32.1. The van der Waals surface area contributed by atoms with E-state index in [1.165, 1.54) is 22.8 Å². The fourth-order valence-electron chi connectivity index (χ4n) is 0.808. The Morgan fingerprint density at radius 3 is 2.25 bits per heavy atom. The number of carbonyl (C=O) groups is 2. The summed E-state index contributed by atoms with van der Waals surface area (Å²) >= 11 is 1.22. The lowest BCUT2D eigenvalue weighted by Crippen LogP contribution is -2.41. The van der Waals surface area contributed by atoms with Gasteiger partial charge in [-0.05, 0) is 22.4 Å². The van der Waals surface area contributed by atoms with Gasteiger partial charge in [-0.2, -0.15) is 11.3 Å². The lowest BCUT2D eigenvalue weighted by molar-refractivity contribution is -0.326. The van der Waals surface area contributed by atoms with E-state index >= 15 is 0 Å². The van der Waals surface area contributed by atoms with E-state index in [0.717, 1.165) is 0 Å². The second kappa shape index (κ2) is 3.36. The molecule has 4 nitrogen and oxygen atoms in total. The van der Waals surface area contributed by atoms with Crippen molar-refractivity contribution in [3.63, 3.8) is 0 Å². The fourth-order valence-corrected chi connectivity index (χ4v) is 1.49. The number of aliphatic carboxylic acids is 2. The minimum Gasteiger partial charge on any atom is -0.549 e. The summed E-state index contributed by atoms with van der Waals surface area (Å²) in [4.78, 5) is 20.6. The van der Waals surface area contributed by atoms with E-state index in [0.29, 0.717) is 0 Å². The van der Waals surface area contributed by atoms with Crippen molar-refractivity contribution >= 4 is 23.3 Å². The molecule has 0 N–H and O–H groups in total. The van der Waals surface area contributed by atoms with Crippen LogP contribution in [0.3, 0.4) is 0 Å². The van der Waals surface area contributed by atoms with Gasteiger partial charge in [0.15, 0.2) is 0 Å². The molecule has 0 aliphatic rings. The Morgan fingerprint density at radius 1 is 1.33 bits per heavy atom. The molecule has 0 atom stereocenters. The summed E-state index contributed by atoms with van der Waals surface area (Å²) in [6, 6.07) is 1.42. The molecule has 1 heterocycles. The number of carboxylic acid groups (broad SMARTS) is 2. The van der Waals surface area contributed by atoms with Gasteiger partial charge in [-0.15, -0.1) is 0 Å². The molecule has 0 unspecified atom stereocenters. The molecule has 1 aromatic rings. The zero-order chi connectivity index (χ0) is 9.14. The number of rotatable bonds is 3. The molecule has 64 valence electrons. The number of hydrogen-bond donors (Lipinski definition) is 0. The van der Waals surface area contributed by atoms with Crippen LogP contribution in [-0.4, -0.2) is 11.9 Å². The Labute approximate surface area is 72.1 Å². The highest BCUT2D eigenvalue weighted by molar-refractivity contribution is 7.08. The minimum absolute atomic E-state index is 0.194. The molecular formula is C7H4O4S-2. The molecule has 0 saturated heterocycles. The predicted octanol–water partition coefficient (Wildman–Crippen LogP) is -1.67. The van der Waals surface area contributed by atoms with E-state index in [1.54, 1.807) is 5.38 Å². The zero-order valence-electron chi connectivity index (χ0n) is 5.85. The second-order valence-electron chi connectivity index (χ2n) is 2.13. The Bertz CT molecular complexity index is 276. The summed E-state index contributed by atoms with van der Waals surface area (Å²) in [6.45, 7) is 0. The minimum atomic E-state index is -1.66. The van der Waals surface area contributed by atoms with Gasteiger partial charge in [0, 0.05) is 0 Å². The molecule has 0 aromatic carbocycles. The molecule has 0 radical (unpaired) electrons. The molecule has 0 spiro atoms. The largest absolute Gasteiger partial charge is 0.549 e. The summed E-state index contributed by atoms with van der Waals surface area (Å²) in [7, 11) is 0. The van der Waals surface area contributed by atoms with Crippen molar-refractivity contribution in [2.45, 2.75) is 5.92 Å². The van der Waals surface area contributed by atoms with Crippen LogP contribution in [0.25, 0.3) is 0 Å². The van der Waals surface area contributed by atoms with Gasteiger partial charge < -0.3 is 19.8 Å². The molecule has 0 bridgehead atoms. The Balaban J connectivity index is 2.96. The lowest BCUT2D eigenvalue weighted by atomic mass is 10.0. The monoisotopic (exact) mass is 184 g/mol. The average Bonchev–Trinajstić information content (AvgIpc) is 2.37. The number of carbonyl (C=O) groups excluding carboxylic acids is 2. The first-order valence-electron chi connectivity index (χ1n) is 3.06. The molecule has 0 fully saturated rings. The van der Waals surface area contributed by atoms with Crippen molar-refractivity contribution < 1.29 is 19.8 Å². The van der Waals surface area contributed by atoms with Crippen LogP contribution in [0.4, 0.5) is 0 Å². The van der Waals surface area contributed by atoms with E-state index in [9.17, 15) is 19.8 Å². The van der Waals surface area contributed by atoms with Gasteiger partial charge in [0.05, 0.1) is 17.9 Å². The highest BCUT2D eigenvalue weighted by Gasteiger charge is 2.13. The van der Waals surface area contributed by atoms with Crippen LogP contribution in [0.2, 0.25) is 0 Å². The SMILES string of the molecule is O=C([O-])C(C(=O)[O-])c1ccsc1. The fraction of sp³-hybridized carbons (Fsp3) is 0.143. The van der Waals surface area contributed by atoms with Gasteiger partial charge in [-0.25, -0.2) is 0 Å². The first-order valence-corrected chi connectivity index (χ1v) is 4.01. The molecule has 1 aromatic heterocycles. The van der Waals surface area contributed by atoms with E-state index in [4.69, 9.17) is 0 Å². The maximum absolute atomic E-state index is 10.3. The average molecular weight is 184 g/mol. The predicted molar refractivity (Wildman–Crippen MR) is 37.1 cm³/mol. The maximum Gasteiger partial charge on any atom is 0.0640 e. The van der Waals surface area contributed by atoms with Gasteiger partial charge >= 0.3 is 0 Å². The van der Waals surface area contributed by atoms with Gasteiger partial charge in [0.2, 0.25) is 0 Å². The number of thiophene rings is 1. The Kier molecular flexibility index (Phi) is 2.44. The van der Waals surface area contributed by atoms with Crippen LogP contribution >= 0.6 is 11.3 Å². The van der Waals surface area contributed by atoms with Gasteiger partial charge in [-0.3, -0.25) is 0 Å². The topological polar surface area (TPSA) is 80.3 Å². The van der Waals surface area contributed by atoms with Crippen molar-refractivity contribution in [2.24, 2.45) is 0 Å². The standard InChI is InChI=1S/C7H6O4S/c8-6(9)5(7(10)11)4-1-2-12-3-4/h1-3,5H,(H,8,9)(H,10,11)/p-2. The van der Waals surface area contributed by atoms with E-state index in [-0.39, 0.29) is 5.56 Å². The quantitative estimate of drug-likeness (QED) is 0.526. The van der Waals surface area contributed by atoms with Crippen LogP contribution in [0.5, 0.6) is 0 Å². The summed E-state index contributed by atoms with van der Waals surface area (Å²) in [5.41, 5.74) is 0.194. The van der Waals surface area contributed by atoms with Crippen molar-refractivity contribution in [2.75, 3.05) is 0 Å². The maximum atomic E-state index is 10.3. The molecule has 5 heteroatoms. The molecule has 0 saturated carbocycles. The molecule has 0 amide bonds. The van der Waals surface area contributed by atoms with Gasteiger partial charge in [0.25, 0.3) is 0 Å². The van der Waals surface area contributed by atoms with Crippen LogP contribution in [0.1, 0.15) is 11.5 Å². The number of hydrogen-bond acceptors (Lipinski definition) is 5. The summed E-state index contributed by atoms with van der Waals surface area (Å²) in [5.74, 6) is -4.95. The molecule has 12 heavy (non-hydrogen) atoms. The normalized spacial score (nSPS) is 10.1. The molecule has 1 rings (SSSR count). The summed E-state index contributed by atoms with van der Waals surface area (Å²) < 4.78 is 0. The molecular weight excluding hydrogens is 180 g/mol. The van der Waals surface area contributed by atoms with Crippen LogP contribution < -0.4 is 10.2 Å². The molecule has 0 aliphatic heterocycles. The molecule has 0 aliphatic carbocycles. The second-order valence-corrected chi connectivity index (χ2v) is 2.91.